The number of nitrogen functional groups attached to an aromatic ring is 1. The molecule has 6 heteroatoms. The summed E-state index contributed by atoms with van der Waals surface area (Å²) in [5, 5.41) is 5.08. The Morgan fingerprint density at radius 2 is 2.11 bits per heavy atom. The largest absolute Gasteiger partial charge is 0.308 e. The van der Waals surface area contributed by atoms with Crippen LogP contribution in [-0.4, -0.2) is 9.97 Å². The normalized spacial score (nSPS) is 11.1. The van der Waals surface area contributed by atoms with Crippen molar-refractivity contribution < 1.29 is 0 Å². The lowest BCUT2D eigenvalue weighted by molar-refractivity contribution is 1.19. The SMILES string of the molecule is Cc1sc2nc(-c3ccsc3)nc(NN)c2c1C. The van der Waals surface area contributed by atoms with E-state index in [-0.39, 0.29) is 0 Å². The first kappa shape index (κ1) is 11.6. The van der Waals surface area contributed by atoms with E-state index in [1.165, 1.54) is 10.4 Å². The maximum absolute atomic E-state index is 5.58. The highest BCUT2D eigenvalue weighted by Crippen LogP contribution is 2.34. The molecule has 0 bridgehead atoms. The van der Waals surface area contributed by atoms with Gasteiger partial charge < -0.3 is 5.43 Å². The van der Waals surface area contributed by atoms with Gasteiger partial charge in [-0.15, -0.1) is 11.3 Å². The van der Waals surface area contributed by atoms with Crippen LogP contribution < -0.4 is 11.3 Å². The minimum atomic E-state index is 0.697. The van der Waals surface area contributed by atoms with Crippen molar-refractivity contribution in [2.45, 2.75) is 13.8 Å². The molecule has 0 saturated carbocycles. The third-order valence-corrected chi connectivity index (χ3v) is 4.73. The summed E-state index contributed by atoms with van der Waals surface area (Å²) >= 11 is 3.31. The molecule has 3 N–H and O–H groups in total. The molecule has 0 aliphatic rings. The predicted octanol–water partition coefficient (Wildman–Crippen LogP) is 3.32. The smallest absolute Gasteiger partial charge is 0.164 e. The monoisotopic (exact) mass is 276 g/mol. The van der Waals surface area contributed by atoms with E-state index in [2.05, 4.69) is 29.2 Å². The van der Waals surface area contributed by atoms with E-state index in [0.717, 1.165) is 21.6 Å². The van der Waals surface area contributed by atoms with Crippen LogP contribution in [-0.2, 0) is 0 Å². The molecule has 3 aromatic heterocycles. The molecule has 0 atom stereocenters. The van der Waals surface area contributed by atoms with Gasteiger partial charge in [-0.2, -0.15) is 11.3 Å². The maximum atomic E-state index is 5.58. The molecule has 92 valence electrons. The van der Waals surface area contributed by atoms with Crippen molar-refractivity contribution in [3.63, 3.8) is 0 Å². The predicted molar refractivity (Wildman–Crippen MR) is 78.0 cm³/mol. The van der Waals surface area contributed by atoms with E-state index >= 15 is 0 Å². The van der Waals surface area contributed by atoms with Gasteiger partial charge in [-0.1, -0.05) is 0 Å². The number of fused-ring (bicyclic) bond motifs is 1. The molecular formula is C12H12N4S2. The van der Waals surface area contributed by atoms with Crippen molar-refractivity contribution in [2.24, 2.45) is 5.84 Å². The van der Waals surface area contributed by atoms with E-state index in [4.69, 9.17) is 5.84 Å². The molecular weight excluding hydrogens is 264 g/mol. The van der Waals surface area contributed by atoms with Crippen molar-refractivity contribution in [1.29, 1.82) is 0 Å². The number of nitrogens with one attached hydrogen (secondary N) is 1. The number of hydrogen-bond donors (Lipinski definition) is 2. The lowest BCUT2D eigenvalue weighted by Gasteiger charge is -2.04. The Hall–Kier alpha value is -1.50. The molecule has 0 amide bonds. The summed E-state index contributed by atoms with van der Waals surface area (Å²) in [6.45, 7) is 4.16. The molecule has 3 heterocycles. The third-order valence-electron chi connectivity index (χ3n) is 2.94. The van der Waals surface area contributed by atoms with Gasteiger partial charge >= 0.3 is 0 Å². The van der Waals surface area contributed by atoms with Gasteiger partial charge in [-0.3, -0.25) is 0 Å². The van der Waals surface area contributed by atoms with E-state index in [9.17, 15) is 0 Å². The minimum absolute atomic E-state index is 0.697. The second-order valence-electron chi connectivity index (χ2n) is 4.02. The van der Waals surface area contributed by atoms with Gasteiger partial charge in [0.2, 0.25) is 0 Å². The average Bonchev–Trinajstić information content (AvgIpc) is 2.98. The molecule has 0 unspecified atom stereocenters. The number of hydrazine groups is 1. The Kier molecular flexibility index (Phi) is 2.77. The summed E-state index contributed by atoms with van der Waals surface area (Å²) in [4.78, 5) is 11.4. The number of aryl methyl sites for hydroxylation is 2. The van der Waals surface area contributed by atoms with Gasteiger partial charge in [0.15, 0.2) is 11.6 Å². The number of thiophene rings is 2. The highest BCUT2D eigenvalue weighted by Gasteiger charge is 2.14. The molecule has 0 aliphatic carbocycles. The fraction of sp³-hybridized carbons (Fsp3) is 0.167. The van der Waals surface area contributed by atoms with Gasteiger partial charge in [0.05, 0.1) is 5.39 Å². The summed E-state index contributed by atoms with van der Waals surface area (Å²) in [6.07, 6.45) is 0. The lowest BCUT2D eigenvalue weighted by Crippen LogP contribution is -2.10. The zero-order valence-corrected chi connectivity index (χ0v) is 11.7. The van der Waals surface area contributed by atoms with Crippen molar-refractivity contribution in [3.05, 3.63) is 27.3 Å². The maximum Gasteiger partial charge on any atom is 0.164 e. The van der Waals surface area contributed by atoms with Gasteiger partial charge in [0, 0.05) is 15.8 Å². The van der Waals surface area contributed by atoms with Crippen LogP contribution in [0.4, 0.5) is 5.82 Å². The van der Waals surface area contributed by atoms with Crippen LogP contribution in [0.15, 0.2) is 16.8 Å². The number of nitrogens with two attached hydrogens (primary N) is 1. The zero-order chi connectivity index (χ0) is 12.7. The molecule has 3 rings (SSSR count). The molecule has 3 aromatic rings. The Balaban J connectivity index is 2.32. The van der Waals surface area contributed by atoms with Crippen LogP contribution >= 0.6 is 22.7 Å². The van der Waals surface area contributed by atoms with Crippen molar-refractivity contribution in [3.8, 4) is 11.4 Å². The van der Waals surface area contributed by atoms with Crippen molar-refractivity contribution in [1.82, 2.24) is 9.97 Å². The molecule has 0 radical (unpaired) electrons. The van der Waals surface area contributed by atoms with E-state index in [1.54, 1.807) is 22.7 Å². The minimum Gasteiger partial charge on any atom is -0.308 e. The van der Waals surface area contributed by atoms with Crippen LogP contribution in [0.25, 0.3) is 21.6 Å². The molecule has 0 saturated heterocycles. The molecule has 18 heavy (non-hydrogen) atoms. The Labute approximate surface area is 112 Å². The topological polar surface area (TPSA) is 63.8 Å². The van der Waals surface area contributed by atoms with Gasteiger partial charge in [0.1, 0.15) is 4.83 Å². The number of rotatable bonds is 2. The highest BCUT2D eigenvalue weighted by atomic mass is 32.1. The quantitative estimate of drug-likeness (QED) is 0.556. The van der Waals surface area contributed by atoms with Crippen molar-refractivity contribution >= 4 is 38.7 Å². The fourth-order valence-electron chi connectivity index (χ4n) is 1.87. The van der Waals surface area contributed by atoms with Gasteiger partial charge in [-0.25, -0.2) is 15.8 Å². The van der Waals surface area contributed by atoms with Crippen LogP contribution in [0.2, 0.25) is 0 Å². The summed E-state index contributed by atoms with van der Waals surface area (Å²) in [5.41, 5.74) is 4.91. The third kappa shape index (κ3) is 1.69. The Bertz CT molecular complexity index is 701. The van der Waals surface area contributed by atoms with E-state index in [0.29, 0.717) is 5.82 Å². The summed E-state index contributed by atoms with van der Waals surface area (Å²) in [5.74, 6) is 7.00. The number of nitrogens with zero attached hydrogens (tertiary/aromatic N) is 2. The summed E-state index contributed by atoms with van der Waals surface area (Å²) < 4.78 is 0. The first-order chi connectivity index (χ1) is 8.70. The number of hydrogen-bond acceptors (Lipinski definition) is 6. The van der Waals surface area contributed by atoms with Crippen LogP contribution in [0.1, 0.15) is 10.4 Å². The average molecular weight is 276 g/mol. The van der Waals surface area contributed by atoms with E-state index < -0.39 is 0 Å². The zero-order valence-electron chi connectivity index (χ0n) is 10.0. The first-order valence-corrected chi connectivity index (χ1v) is 7.23. The van der Waals surface area contributed by atoms with Crippen LogP contribution in [0.3, 0.4) is 0 Å². The number of anilines is 1. The first-order valence-electron chi connectivity index (χ1n) is 5.47. The van der Waals surface area contributed by atoms with E-state index in [1.807, 2.05) is 16.8 Å². The van der Waals surface area contributed by atoms with Gasteiger partial charge in [-0.05, 0) is 30.9 Å². The molecule has 0 aliphatic heterocycles. The van der Waals surface area contributed by atoms with Crippen LogP contribution in [0.5, 0.6) is 0 Å². The van der Waals surface area contributed by atoms with Gasteiger partial charge in [0.25, 0.3) is 0 Å². The summed E-state index contributed by atoms with van der Waals surface area (Å²) in [7, 11) is 0. The standard InChI is InChI=1S/C12H12N4S2/c1-6-7(2)18-12-9(6)11(16-13)14-10(15-12)8-3-4-17-5-8/h3-5H,13H2,1-2H3,(H,14,15,16). The highest BCUT2D eigenvalue weighted by molar-refractivity contribution is 7.18. The van der Waals surface area contributed by atoms with Crippen molar-refractivity contribution in [2.75, 3.05) is 5.43 Å². The fourth-order valence-corrected chi connectivity index (χ4v) is 3.54. The molecule has 0 aromatic carbocycles. The summed E-state index contributed by atoms with van der Waals surface area (Å²) in [6, 6.07) is 2.01. The molecule has 0 spiro atoms. The van der Waals surface area contributed by atoms with Crippen LogP contribution in [0, 0.1) is 13.8 Å². The molecule has 0 fully saturated rings. The number of aromatic nitrogens is 2. The Morgan fingerprint density at radius 3 is 2.78 bits per heavy atom. The lowest BCUT2D eigenvalue weighted by atomic mass is 10.2. The Morgan fingerprint density at radius 1 is 1.28 bits per heavy atom. The molecule has 4 nitrogen and oxygen atoms in total. The second kappa shape index (κ2) is 4.31. The second-order valence-corrected chi connectivity index (χ2v) is 6.00.